The predicted molar refractivity (Wildman–Crippen MR) is 103 cm³/mol. The largest absolute Gasteiger partial charge is 0.444 e. The first-order valence-corrected chi connectivity index (χ1v) is 10.1. The molecule has 0 unspecified atom stereocenters. The van der Waals surface area contributed by atoms with E-state index in [-0.39, 0.29) is 23.8 Å². The summed E-state index contributed by atoms with van der Waals surface area (Å²) >= 11 is 0. The van der Waals surface area contributed by atoms with Gasteiger partial charge in [-0.05, 0) is 64.8 Å². The van der Waals surface area contributed by atoms with Gasteiger partial charge < -0.3 is 20.3 Å². The maximum atomic E-state index is 12.6. The van der Waals surface area contributed by atoms with Crippen LogP contribution in [0.1, 0.15) is 60.3 Å². The van der Waals surface area contributed by atoms with Crippen molar-refractivity contribution in [3.8, 4) is 0 Å². The van der Waals surface area contributed by atoms with Crippen molar-refractivity contribution in [3.05, 3.63) is 0 Å². The predicted octanol–water partition coefficient (Wildman–Crippen LogP) is 2.77. The van der Waals surface area contributed by atoms with Crippen LogP contribution in [-0.2, 0) is 9.53 Å². The lowest BCUT2D eigenvalue weighted by molar-refractivity contribution is -0.127. The van der Waals surface area contributed by atoms with Gasteiger partial charge in [0.25, 0.3) is 0 Å². The van der Waals surface area contributed by atoms with E-state index in [9.17, 15) is 9.59 Å². The fourth-order valence-corrected chi connectivity index (χ4v) is 3.27. The van der Waals surface area contributed by atoms with Crippen molar-refractivity contribution in [2.75, 3.05) is 26.2 Å². The van der Waals surface area contributed by atoms with E-state index in [1.807, 2.05) is 20.8 Å². The molecule has 2 rings (SSSR count). The lowest BCUT2D eigenvalue weighted by atomic mass is 9.88. The molecule has 2 atom stereocenters. The molecule has 0 bridgehead atoms. The Bertz CT molecular complexity index is 483. The minimum atomic E-state index is -0.523. The van der Waals surface area contributed by atoms with E-state index in [2.05, 4.69) is 24.5 Å². The quantitative estimate of drug-likeness (QED) is 0.726. The van der Waals surface area contributed by atoms with E-state index >= 15 is 0 Å². The molecule has 0 spiro atoms. The number of nitrogens with one attached hydrogen (secondary N) is 2. The fraction of sp³-hybridized carbons (Fsp3) is 0.900. The lowest BCUT2D eigenvalue weighted by Crippen LogP contribution is -2.51. The van der Waals surface area contributed by atoms with E-state index in [4.69, 9.17) is 4.74 Å². The van der Waals surface area contributed by atoms with Gasteiger partial charge in [0.05, 0.1) is 5.92 Å². The molecule has 0 aromatic heterocycles. The van der Waals surface area contributed by atoms with Crippen molar-refractivity contribution in [1.82, 2.24) is 15.5 Å². The van der Waals surface area contributed by atoms with Gasteiger partial charge in [-0.2, -0.15) is 0 Å². The summed E-state index contributed by atoms with van der Waals surface area (Å²) in [6, 6.07) is 0.630. The third-order valence-corrected chi connectivity index (χ3v) is 4.85. The van der Waals surface area contributed by atoms with Crippen molar-refractivity contribution < 1.29 is 14.3 Å². The Balaban J connectivity index is 1.93. The van der Waals surface area contributed by atoms with Crippen molar-refractivity contribution >= 4 is 12.0 Å². The monoisotopic (exact) mass is 367 g/mol. The van der Waals surface area contributed by atoms with Crippen molar-refractivity contribution in [1.29, 1.82) is 0 Å². The molecule has 2 amide bonds. The highest BCUT2D eigenvalue weighted by Crippen LogP contribution is 2.25. The number of amides is 2. The van der Waals surface area contributed by atoms with Gasteiger partial charge in [0.2, 0.25) is 5.91 Å². The number of hydrogen-bond donors (Lipinski definition) is 2. The van der Waals surface area contributed by atoms with Crippen molar-refractivity contribution in [2.24, 2.45) is 17.8 Å². The number of hydrogen-bond acceptors (Lipinski definition) is 4. The van der Waals surface area contributed by atoms with Gasteiger partial charge in [-0.15, -0.1) is 0 Å². The van der Waals surface area contributed by atoms with Crippen LogP contribution in [0.25, 0.3) is 0 Å². The van der Waals surface area contributed by atoms with E-state index in [0.717, 1.165) is 19.4 Å². The summed E-state index contributed by atoms with van der Waals surface area (Å²) in [6.45, 7) is 12.6. The second-order valence-corrected chi connectivity index (χ2v) is 9.34. The number of likely N-dealkylation sites (tertiary alicyclic amines) is 1. The molecule has 150 valence electrons. The Hall–Kier alpha value is -1.30. The molecule has 6 heteroatoms. The molecule has 0 aromatic carbocycles. The van der Waals surface area contributed by atoms with Gasteiger partial charge in [-0.25, -0.2) is 4.79 Å². The van der Waals surface area contributed by atoms with Crippen LogP contribution in [0.5, 0.6) is 0 Å². The summed E-state index contributed by atoms with van der Waals surface area (Å²) in [7, 11) is 0. The minimum absolute atomic E-state index is 0.0651. The Labute approximate surface area is 158 Å². The summed E-state index contributed by atoms with van der Waals surface area (Å²) in [5, 5.41) is 6.59. The minimum Gasteiger partial charge on any atom is -0.444 e. The van der Waals surface area contributed by atoms with Gasteiger partial charge in [-0.3, -0.25) is 4.79 Å². The summed E-state index contributed by atoms with van der Waals surface area (Å²) < 4.78 is 5.54. The van der Waals surface area contributed by atoms with Gasteiger partial charge in [0, 0.05) is 25.7 Å². The number of nitrogens with zero attached hydrogens (tertiary/aromatic N) is 1. The van der Waals surface area contributed by atoms with Crippen LogP contribution in [0, 0.1) is 17.8 Å². The number of piperidine rings is 1. The molecular formula is C20H37N3O3. The van der Waals surface area contributed by atoms with Crippen LogP contribution < -0.4 is 10.6 Å². The molecule has 1 aliphatic carbocycles. The van der Waals surface area contributed by atoms with Gasteiger partial charge in [0.15, 0.2) is 0 Å². The SMILES string of the molecule is CC(C)CCNC(=O)[C@H]1C[C@@H](CNC2CC2)CN(C(=O)OC(C)(C)C)C1. The second-order valence-electron chi connectivity index (χ2n) is 9.34. The number of carbonyl (C=O) groups is 2. The molecule has 2 N–H and O–H groups in total. The van der Waals surface area contributed by atoms with Crippen molar-refractivity contribution in [3.63, 3.8) is 0 Å². The molecule has 2 fully saturated rings. The average molecular weight is 368 g/mol. The summed E-state index contributed by atoms with van der Waals surface area (Å²) in [6.07, 6.45) is 3.96. The first kappa shape index (κ1) is 21.0. The van der Waals surface area contributed by atoms with Gasteiger partial charge >= 0.3 is 6.09 Å². The van der Waals surface area contributed by atoms with Crippen LogP contribution in [0.3, 0.4) is 0 Å². The molecule has 1 heterocycles. The van der Waals surface area contributed by atoms with Gasteiger partial charge in [-0.1, -0.05) is 13.8 Å². The van der Waals surface area contributed by atoms with Gasteiger partial charge in [0.1, 0.15) is 5.60 Å². The molecule has 1 saturated carbocycles. The molecule has 2 aliphatic rings. The summed E-state index contributed by atoms with van der Waals surface area (Å²) in [5.74, 6) is 0.762. The Kier molecular flexibility index (Phi) is 7.33. The highest BCUT2D eigenvalue weighted by molar-refractivity contribution is 5.80. The summed E-state index contributed by atoms with van der Waals surface area (Å²) in [4.78, 5) is 26.9. The number of carbonyl (C=O) groups excluding carboxylic acids is 2. The Morgan fingerprint density at radius 2 is 1.88 bits per heavy atom. The molecule has 0 aromatic rings. The number of ether oxygens (including phenoxy) is 1. The van der Waals surface area contributed by atoms with E-state index in [1.165, 1.54) is 12.8 Å². The van der Waals surface area contributed by atoms with Crippen LogP contribution in [0.2, 0.25) is 0 Å². The van der Waals surface area contributed by atoms with E-state index < -0.39 is 5.60 Å². The molecule has 26 heavy (non-hydrogen) atoms. The maximum absolute atomic E-state index is 12.6. The Morgan fingerprint density at radius 1 is 1.19 bits per heavy atom. The standard InChI is InChI=1S/C20H37N3O3/c1-14(2)8-9-21-18(24)16-10-15(11-22-17-6-7-17)12-23(13-16)19(25)26-20(3,4)5/h14-17,22H,6-13H2,1-5H3,(H,21,24)/t15-,16-/m0/s1. The summed E-state index contributed by atoms with van der Waals surface area (Å²) in [5.41, 5.74) is -0.523. The van der Waals surface area contributed by atoms with E-state index in [0.29, 0.717) is 31.6 Å². The molecule has 1 aliphatic heterocycles. The first-order valence-electron chi connectivity index (χ1n) is 10.1. The highest BCUT2D eigenvalue weighted by Gasteiger charge is 2.36. The zero-order chi connectivity index (χ0) is 19.3. The molecule has 6 nitrogen and oxygen atoms in total. The van der Waals surface area contributed by atoms with Crippen LogP contribution in [0.4, 0.5) is 4.79 Å². The maximum Gasteiger partial charge on any atom is 0.410 e. The van der Waals surface area contributed by atoms with Crippen LogP contribution in [-0.4, -0.2) is 54.7 Å². The fourth-order valence-electron chi connectivity index (χ4n) is 3.27. The third kappa shape index (κ3) is 7.52. The van der Waals surface area contributed by atoms with E-state index in [1.54, 1.807) is 4.90 Å². The zero-order valence-electron chi connectivity index (χ0n) is 17.1. The zero-order valence-corrected chi connectivity index (χ0v) is 17.1. The molecule has 1 saturated heterocycles. The topological polar surface area (TPSA) is 70.7 Å². The van der Waals surface area contributed by atoms with Crippen LogP contribution >= 0.6 is 0 Å². The lowest BCUT2D eigenvalue weighted by Gasteiger charge is -2.38. The first-order chi connectivity index (χ1) is 12.1. The molecule has 0 radical (unpaired) electrons. The molecular weight excluding hydrogens is 330 g/mol. The second kappa shape index (κ2) is 9.07. The smallest absolute Gasteiger partial charge is 0.410 e. The van der Waals surface area contributed by atoms with Crippen LogP contribution in [0.15, 0.2) is 0 Å². The van der Waals surface area contributed by atoms with Crippen molar-refractivity contribution in [2.45, 2.75) is 71.9 Å². The number of rotatable bonds is 7. The average Bonchev–Trinajstić information content (AvgIpc) is 3.35. The highest BCUT2D eigenvalue weighted by atomic mass is 16.6. The Morgan fingerprint density at radius 3 is 2.46 bits per heavy atom. The third-order valence-electron chi connectivity index (χ3n) is 4.85. The normalized spacial score (nSPS) is 23.8.